The van der Waals surface area contributed by atoms with Crippen molar-refractivity contribution in [3.8, 4) is 11.5 Å². The second kappa shape index (κ2) is 6.70. The third-order valence-electron chi connectivity index (χ3n) is 4.20. The van der Waals surface area contributed by atoms with E-state index in [-0.39, 0.29) is 11.0 Å². The number of carbonyl (C=O) groups excluding carboxylic acids is 1. The molecule has 0 fully saturated rings. The summed E-state index contributed by atoms with van der Waals surface area (Å²) < 4.78 is 37.3. The quantitative estimate of drug-likeness (QED) is 0.922. The summed E-state index contributed by atoms with van der Waals surface area (Å²) >= 11 is 0. The molecule has 0 unspecified atom stereocenters. The predicted molar refractivity (Wildman–Crippen MR) is 89.1 cm³/mol. The van der Waals surface area contributed by atoms with Crippen LogP contribution in [0.5, 0.6) is 11.5 Å². The highest BCUT2D eigenvalue weighted by atomic mass is 19.2. The van der Waals surface area contributed by atoms with Gasteiger partial charge in [0.15, 0.2) is 23.1 Å². The number of nitrogens with one attached hydrogen (secondary N) is 1. The lowest BCUT2D eigenvalue weighted by atomic mass is 9.84. The van der Waals surface area contributed by atoms with Crippen molar-refractivity contribution in [1.82, 2.24) is 5.32 Å². The standard InChI is InChI=1S/C19H19F2NO3/c1-19(2,13-4-6-16-17(10-13)25-8-7-24-16)11-22-18(23)12-3-5-14(20)15(21)9-12/h3-6,9-10H,7-8,11H2,1-2H3,(H,22,23). The molecule has 25 heavy (non-hydrogen) atoms. The summed E-state index contributed by atoms with van der Waals surface area (Å²) in [7, 11) is 0. The van der Waals surface area contributed by atoms with Crippen LogP contribution in [0.4, 0.5) is 8.78 Å². The van der Waals surface area contributed by atoms with Gasteiger partial charge >= 0.3 is 0 Å². The van der Waals surface area contributed by atoms with Crippen molar-refractivity contribution in [2.24, 2.45) is 0 Å². The number of ether oxygens (including phenoxy) is 2. The van der Waals surface area contributed by atoms with Crippen molar-refractivity contribution in [3.63, 3.8) is 0 Å². The van der Waals surface area contributed by atoms with Gasteiger partial charge in [-0.2, -0.15) is 0 Å². The fourth-order valence-electron chi connectivity index (χ4n) is 2.61. The van der Waals surface area contributed by atoms with Crippen molar-refractivity contribution >= 4 is 5.91 Å². The highest BCUT2D eigenvalue weighted by Gasteiger charge is 2.24. The molecule has 2 aromatic rings. The Morgan fingerprint density at radius 2 is 1.76 bits per heavy atom. The van der Waals surface area contributed by atoms with E-state index >= 15 is 0 Å². The summed E-state index contributed by atoms with van der Waals surface area (Å²) in [6, 6.07) is 8.76. The predicted octanol–water partition coefficient (Wildman–Crippen LogP) is 3.44. The summed E-state index contributed by atoms with van der Waals surface area (Å²) in [5.41, 5.74) is 0.670. The van der Waals surface area contributed by atoms with E-state index in [1.807, 2.05) is 32.0 Å². The Bertz CT molecular complexity index is 805. The summed E-state index contributed by atoms with van der Waals surface area (Å²) in [5, 5.41) is 2.76. The van der Waals surface area contributed by atoms with Crippen molar-refractivity contribution in [3.05, 3.63) is 59.2 Å². The second-order valence-corrected chi connectivity index (χ2v) is 6.55. The van der Waals surface area contributed by atoms with E-state index in [1.54, 1.807) is 0 Å². The third-order valence-corrected chi connectivity index (χ3v) is 4.20. The van der Waals surface area contributed by atoms with Gasteiger partial charge in [0.2, 0.25) is 0 Å². The molecular formula is C19H19F2NO3. The number of carbonyl (C=O) groups is 1. The topological polar surface area (TPSA) is 47.6 Å². The number of hydrogen-bond donors (Lipinski definition) is 1. The summed E-state index contributed by atoms with van der Waals surface area (Å²) in [6.07, 6.45) is 0. The molecule has 1 N–H and O–H groups in total. The Morgan fingerprint density at radius 1 is 1.04 bits per heavy atom. The molecule has 2 aromatic carbocycles. The van der Waals surface area contributed by atoms with Gasteiger partial charge in [0, 0.05) is 17.5 Å². The maximum Gasteiger partial charge on any atom is 0.251 e. The van der Waals surface area contributed by atoms with Crippen LogP contribution in [0.2, 0.25) is 0 Å². The number of amides is 1. The first-order chi connectivity index (χ1) is 11.9. The molecule has 1 amide bonds. The van der Waals surface area contributed by atoms with Crippen LogP contribution in [0.15, 0.2) is 36.4 Å². The van der Waals surface area contributed by atoms with Crippen LogP contribution in [-0.2, 0) is 5.41 Å². The average Bonchev–Trinajstić information content (AvgIpc) is 2.61. The molecule has 0 saturated heterocycles. The van der Waals surface area contributed by atoms with E-state index in [0.29, 0.717) is 31.3 Å². The largest absolute Gasteiger partial charge is 0.486 e. The lowest BCUT2D eigenvalue weighted by Gasteiger charge is -2.27. The van der Waals surface area contributed by atoms with Gasteiger partial charge in [-0.05, 0) is 35.9 Å². The zero-order chi connectivity index (χ0) is 18.0. The average molecular weight is 347 g/mol. The van der Waals surface area contributed by atoms with E-state index in [2.05, 4.69) is 5.32 Å². The molecule has 6 heteroatoms. The van der Waals surface area contributed by atoms with Crippen LogP contribution in [0.3, 0.4) is 0 Å². The van der Waals surface area contributed by atoms with Crippen molar-refractivity contribution in [2.45, 2.75) is 19.3 Å². The first-order valence-corrected chi connectivity index (χ1v) is 8.00. The fraction of sp³-hybridized carbons (Fsp3) is 0.316. The molecular weight excluding hydrogens is 328 g/mol. The van der Waals surface area contributed by atoms with Gasteiger partial charge in [-0.15, -0.1) is 0 Å². The molecule has 0 aliphatic carbocycles. The lowest BCUT2D eigenvalue weighted by molar-refractivity contribution is 0.0945. The lowest BCUT2D eigenvalue weighted by Crippen LogP contribution is -2.36. The van der Waals surface area contributed by atoms with Gasteiger partial charge in [0.05, 0.1) is 0 Å². The van der Waals surface area contributed by atoms with Gasteiger partial charge in [0.25, 0.3) is 5.91 Å². The highest BCUT2D eigenvalue weighted by Crippen LogP contribution is 2.34. The van der Waals surface area contributed by atoms with Crippen molar-refractivity contribution < 1.29 is 23.0 Å². The van der Waals surface area contributed by atoms with E-state index in [9.17, 15) is 13.6 Å². The molecule has 4 nitrogen and oxygen atoms in total. The van der Waals surface area contributed by atoms with Crippen LogP contribution < -0.4 is 14.8 Å². The van der Waals surface area contributed by atoms with Gasteiger partial charge in [0.1, 0.15) is 13.2 Å². The van der Waals surface area contributed by atoms with Gasteiger partial charge in [-0.1, -0.05) is 19.9 Å². The van der Waals surface area contributed by atoms with Crippen molar-refractivity contribution in [2.75, 3.05) is 19.8 Å². The van der Waals surface area contributed by atoms with Crippen LogP contribution in [0, 0.1) is 11.6 Å². The number of halogens is 2. The summed E-state index contributed by atoms with van der Waals surface area (Å²) in [4.78, 5) is 12.2. The fourth-order valence-corrected chi connectivity index (χ4v) is 2.61. The Hall–Kier alpha value is -2.63. The molecule has 0 radical (unpaired) electrons. The Kier molecular flexibility index (Phi) is 4.61. The minimum absolute atomic E-state index is 0.0804. The molecule has 132 valence electrons. The van der Waals surface area contributed by atoms with E-state index in [1.165, 1.54) is 6.07 Å². The van der Waals surface area contributed by atoms with Crippen LogP contribution in [0.25, 0.3) is 0 Å². The first-order valence-electron chi connectivity index (χ1n) is 8.00. The number of fused-ring (bicyclic) bond motifs is 1. The molecule has 1 heterocycles. The van der Waals surface area contributed by atoms with E-state index < -0.39 is 17.5 Å². The molecule has 0 saturated carbocycles. The number of rotatable bonds is 4. The van der Waals surface area contributed by atoms with Crippen LogP contribution >= 0.6 is 0 Å². The minimum Gasteiger partial charge on any atom is -0.486 e. The van der Waals surface area contributed by atoms with Gasteiger partial charge in [-0.3, -0.25) is 4.79 Å². The Balaban J connectivity index is 1.70. The molecule has 1 aliphatic heterocycles. The maximum absolute atomic E-state index is 13.3. The SMILES string of the molecule is CC(C)(CNC(=O)c1ccc(F)c(F)c1)c1ccc2c(c1)OCCO2. The molecule has 0 bridgehead atoms. The Labute approximate surface area is 144 Å². The molecule has 1 aliphatic rings. The smallest absolute Gasteiger partial charge is 0.251 e. The molecule has 0 atom stereocenters. The third kappa shape index (κ3) is 3.73. The maximum atomic E-state index is 13.3. The van der Waals surface area contributed by atoms with Gasteiger partial charge in [-0.25, -0.2) is 8.78 Å². The zero-order valence-corrected chi connectivity index (χ0v) is 14.1. The molecule has 0 aromatic heterocycles. The van der Waals surface area contributed by atoms with Gasteiger partial charge < -0.3 is 14.8 Å². The monoisotopic (exact) mass is 347 g/mol. The first kappa shape index (κ1) is 17.2. The van der Waals surface area contributed by atoms with Crippen LogP contribution in [0.1, 0.15) is 29.8 Å². The number of benzene rings is 2. The van der Waals surface area contributed by atoms with E-state index in [4.69, 9.17) is 9.47 Å². The second-order valence-electron chi connectivity index (χ2n) is 6.55. The summed E-state index contributed by atoms with van der Waals surface area (Å²) in [6.45, 7) is 5.31. The Morgan fingerprint density at radius 3 is 2.48 bits per heavy atom. The molecule has 0 spiro atoms. The van der Waals surface area contributed by atoms with Crippen LogP contribution in [-0.4, -0.2) is 25.7 Å². The highest BCUT2D eigenvalue weighted by molar-refractivity contribution is 5.94. The zero-order valence-electron chi connectivity index (χ0n) is 14.1. The summed E-state index contributed by atoms with van der Waals surface area (Å²) in [5.74, 6) is -1.09. The van der Waals surface area contributed by atoms with Crippen molar-refractivity contribution in [1.29, 1.82) is 0 Å². The minimum atomic E-state index is -1.04. The number of hydrogen-bond acceptors (Lipinski definition) is 3. The normalized spacial score (nSPS) is 13.4. The van der Waals surface area contributed by atoms with E-state index in [0.717, 1.165) is 17.7 Å². The molecule has 3 rings (SSSR count).